The molecule has 2 aromatic rings. The molecule has 3 rings (SSSR count). The third-order valence-corrected chi connectivity index (χ3v) is 6.24. The summed E-state index contributed by atoms with van der Waals surface area (Å²) in [6.07, 6.45) is -12.2. The maximum Gasteiger partial charge on any atom is 0.416 e. The number of halogens is 6. The third kappa shape index (κ3) is 6.60. The number of alkyl halides is 6. The van der Waals surface area contributed by atoms with Crippen LogP contribution in [0, 0.1) is 5.92 Å². The largest absolute Gasteiger partial charge is 0.493 e. The summed E-state index contributed by atoms with van der Waals surface area (Å²) in [6.45, 7) is 1.91. The second kappa shape index (κ2) is 11.1. The molecule has 0 radical (unpaired) electrons. The van der Waals surface area contributed by atoms with Gasteiger partial charge < -0.3 is 24.2 Å². The van der Waals surface area contributed by atoms with Gasteiger partial charge in [0.2, 0.25) is 0 Å². The Morgan fingerprint density at radius 2 is 1.51 bits per heavy atom. The number of carbonyl (C=O) groups excluding carboxylic acids is 1. The van der Waals surface area contributed by atoms with Crippen LogP contribution in [-0.4, -0.2) is 43.5 Å². The molecule has 1 aliphatic heterocycles. The predicted octanol–water partition coefficient (Wildman–Crippen LogP) is 6.00. The van der Waals surface area contributed by atoms with Crippen molar-refractivity contribution in [3.05, 3.63) is 58.1 Å². The Morgan fingerprint density at radius 3 is 2.00 bits per heavy atom. The van der Waals surface area contributed by atoms with E-state index in [9.17, 15) is 36.2 Å². The first kappa shape index (κ1) is 28.4. The van der Waals surface area contributed by atoms with Crippen molar-refractivity contribution in [3.8, 4) is 11.5 Å². The van der Waals surface area contributed by atoms with Crippen LogP contribution in [0.2, 0.25) is 0 Å². The van der Waals surface area contributed by atoms with Gasteiger partial charge in [0, 0.05) is 13.1 Å². The number of carbonyl (C=O) groups is 1. The Bertz CT molecular complexity index is 1090. The van der Waals surface area contributed by atoms with Crippen molar-refractivity contribution in [2.45, 2.75) is 44.8 Å². The first-order valence-electron chi connectivity index (χ1n) is 11.4. The van der Waals surface area contributed by atoms with Crippen LogP contribution in [-0.2, 0) is 30.1 Å². The van der Waals surface area contributed by atoms with Crippen molar-refractivity contribution in [2.75, 3.05) is 27.4 Å². The van der Waals surface area contributed by atoms with Gasteiger partial charge in [-0.3, -0.25) is 0 Å². The third-order valence-electron chi connectivity index (χ3n) is 6.24. The molecule has 0 aliphatic carbocycles. The van der Waals surface area contributed by atoms with Gasteiger partial charge in [0.05, 0.1) is 38.1 Å². The summed E-state index contributed by atoms with van der Waals surface area (Å²) >= 11 is 0. The SMILES string of the molecule is CCOC(=O)N1CCC(C(O)c2cc(C(F)(F)F)cc(C(F)(F)F)c2)Cc2cc(OC)c(OC)cc2C1. The highest BCUT2D eigenvalue weighted by Crippen LogP contribution is 2.41. The van der Waals surface area contributed by atoms with E-state index in [2.05, 4.69) is 0 Å². The van der Waals surface area contributed by atoms with Gasteiger partial charge in [-0.25, -0.2) is 4.79 Å². The van der Waals surface area contributed by atoms with Crippen LogP contribution in [0.15, 0.2) is 30.3 Å². The lowest BCUT2D eigenvalue weighted by atomic mass is 9.83. The summed E-state index contributed by atoms with van der Waals surface area (Å²) in [6, 6.07) is 4.33. The average molecular weight is 535 g/mol. The second-order valence-corrected chi connectivity index (χ2v) is 8.63. The zero-order valence-electron chi connectivity index (χ0n) is 20.4. The summed E-state index contributed by atoms with van der Waals surface area (Å²) in [4.78, 5) is 13.9. The van der Waals surface area contributed by atoms with E-state index in [1.54, 1.807) is 19.1 Å². The molecular formula is C25H27F6NO5. The Hall–Kier alpha value is -3.15. The fourth-order valence-corrected chi connectivity index (χ4v) is 4.35. The minimum atomic E-state index is -5.05. The second-order valence-electron chi connectivity index (χ2n) is 8.63. The molecule has 0 fully saturated rings. The molecule has 1 heterocycles. The molecule has 6 nitrogen and oxygen atoms in total. The van der Waals surface area contributed by atoms with Crippen LogP contribution in [0.4, 0.5) is 31.1 Å². The first-order chi connectivity index (χ1) is 17.3. The lowest BCUT2D eigenvalue weighted by Crippen LogP contribution is -2.36. The van der Waals surface area contributed by atoms with Gasteiger partial charge in [-0.05, 0) is 72.7 Å². The van der Waals surface area contributed by atoms with E-state index in [1.807, 2.05) is 0 Å². The van der Waals surface area contributed by atoms with Crippen molar-refractivity contribution < 1.29 is 50.5 Å². The molecule has 204 valence electrons. The monoisotopic (exact) mass is 535 g/mol. The molecule has 0 saturated heterocycles. The summed E-state index contributed by atoms with van der Waals surface area (Å²) in [5.74, 6) is -0.120. The highest BCUT2D eigenvalue weighted by molar-refractivity contribution is 5.68. The van der Waals surface area contributed by atoms with E-state index in [1.165, 1.54) is 19.1 Å². The fourth-order valence-electron chi connectivity index (χ4n) is 4.35. The van der Waals surface area contributed by atoms with Crippen molar-refractivity contribution >= 4 is 6.09 Å². The Balaban J connectivity index is 2.08. The van der Waals surface area contributed by atoms with Crippen LogP contribution in [0.3, 0.4) is 0 Å². The number of aliphatic hydroxyl groups excluding tert-OH is 1. The molecular weight excluding hydrogens is 508 g/mol. The van der Waals surface area contributed by atoms with E-state index in [4.69, 9.17) is 14.2 Å². The predicted molar refractivity (Wildman–Crippen MR) is 120 cm³/mol. The molecule has 0 bridgehead atoms. The molecule has 2 atom stereocenters. The quantitative estimate of drug-likeness (QED) is 0.476. The smallest absolute Gasteiger partial charge is 0.416 e. The maximum absolute atomic E-state index is 13.4. The van der Waals surface area contributed by atoms with E-state index in [-0.39, 0.29) is 38.6 Å². The normalized spacial score (nSPS) is 17.4. The zero-order chi connectivity index (χ0) is 27.5. The Labute approximate surface area is 209 Å². The van der Waals surface area contributed by atoms with Gasteiger partial charge >= 0.3 is 18.4 Å². The maximum atomic E-state index is 13.4. The van der Waals surface area contributed by atoms with Crippen molar-refractivity contribution in [1.82, 2.24) is 4.90 Å². The molecule has 0 aromatic heterocycles. The summed E-state index contributed by atoms with van der Waals surface area (Å²) in [5.41, 5.74) is -2.33. The standard InChI is InChI=1S/C25H27F6NO5/c1-4-37-23(34)32-6-5-14(7-15-10-20(35-2)21(36-3)11-17(15)13-32)22(33)16-8-18(24(26,27)28)12-19(9-16)25(29,30)31/h8-12,14,22,33H,4-7,13H2,1-3H3. The lowest BCUT2D eigenvalue weighted by Gasteiger charge is -2.32. The van der Waals surface area contributed by atoms with Crippen molar-refractivity contribution in [2.24, 2.45) is 5.92 Å². The summed E-state index contributed by atoms with van der Waals surface area (Å²) in [7, 11) is 2.83. The summed E-state index contributed by atoms with van der Waals surface area (Å²) < 4.78 is 96.1. The van der Waals surface area contributed by atoms with Gasteiger partial charge in [0.15, 0.2) is 11.5 Å². The van der Waals surface area contributed by atoms with Crippen LogP contribution in [0.25, 0.3) is 0 Å². The number of amides is 1. The molecule has 0 spiro atoms. The number of nitrogens with zero attached hydrogens (tertiary/aromatic N) is 1. The fraction of sp³-hybridized carbons (Fsp3) is 0.480. The number of hydrogen-bond acceptors (Lipinski definition) is 5. The highest BCUT2D eigenvalue weighted by atomic mass is 19.4. The number of hydrogen-bond donors (Lipinski definition) is 1. The van der Waals surface area contributed by atoms with Crippen LogP contribution in [0.5, 0.6) is 11.5 Å². The van der Waals surface area contributed by atoms with Gasteiger partial charge in [-0.1, -0.05) is 0 Å². The van der Waals surface area contributed by atoms with Gasteiger partial charge in [0.25, 0.3) is 0 Å². The zero-order valence-corrected chi connectivity index (χ0v) is 20.4. The van der Waals surface area contributed by atoms with Crippen molar-refractivity contribution in [1.29, 1.82) is 0 Å². The van der Waals surface area contributed by atoms with Crippen LogP contribution < -0.4 is 9.47 Å². The van der Waals surface area contributed by atoms with Crippen LogP contribution in [0.1, 0.15) is 47.3 Å². The topological polar surface area (TPSA) is 68.2 Å². The number of ether oxygens (including phenoxy) is 3. The number of benzene rings is 2. The van der Waals surface area contributed by atoms with Gasteiger partial charge in [0.1, 0.15) is 0 Å². The minimum Gasteiger partial charge on any atom is -0.493 e. The van der Waals surface area contributed by atoms with E-state index in [0.717, 1.165) is 0 Å². The molecule has 1 N–H and O–H groups in total. The molecule has 1 aliphatic rings. The van der Waals surface area contributed by atoms with Gasteiger partial charge in [-0.2, -0.15) is 26.3 Å². The molecule has 12 heteroatoms. The van der Waals surface area contributed by atoms with E-state index < -0.39 is 47.2 Å². The first-order valence-corrected chi connectivity index (χ1v) is 11.4. The molecule has 1 amide bonds. The number of fused-ring (bicyclic) bond motifs is 1. The van der Waals surface area contributed by atoms with E-state index in [0.29, 0.717) is 34.8 Å². The highest BCUT2D eigenvalue weighted by Gasteiger charge is 2.38. The molecule has 2 aromatic carbocycles. The molecule has 37 heavy (non-hydrogen) atoms. The van der Waals surface area contributed by atoms with Crippen molar-refractivity contribution in [3.63, 3.8) is 0 Å². The average Bonchev–Trinajstić information content (AvgIpc) is 2.82. The Morgan fingerprint density at radius 1 is 0.973 bits per heavy atom. The number of rotatable bonds is 5. The summed E-state index contributed by atoms with van der Waals surface area (Å²) in [5, 5.41) is 11.1. The number of methoxy groups -OCH3 is 2. The number of aliphatic hydroxyl groups is 1. The van der Waals surface area contributed by atoms with Gasteiger partial charge in [-0.15, -0.1) is 0 Å². The lowest BCUT2D eigenvalue weighted by molar-refractivity contribution is -0.143. The van der Waals surface area contributed by atoms with E-state index >= 15 is 0 Å². The molecule has 2 unspecified atom stereocenters. The molecule has 0 saturated carbocycles. The van der Waals surface area contributed by atoms with Crippen LogP contribution >= 0.6 is 0 Å². The Kier molecular flexibility index (Phi) is 8.51. The minimum absolute atomic E-state index is 0.0171.